The molecule has 0 saturated carbocycles. The molecule has 2 heterocycles. The number of carbonyl (C=O) groups is 1. The van der Waals surface area contributed by atoms with Crippen LogP contribution in [0.25, 0.3) is 11.3 Å². The number of aryl methyl sites for hydroxylation is 1. The number of ether oxygens (including phenoxy) is 2. The van der Waals surface area contributed by atoms with Gasteiger partial charge in [0, 0.05) is 46.0 Å². The van der Waals surface area contributed by atoms with Gasteiger partial charge in [-0.25, -0.2) is 0 Å². The maximum atomic E-state index is 12.7. The lowest BCUT2D eigenvalue weighted by molar-refractivity contribution is -0.135. The third kappa shape index (κ3) is 5.36. The first-order chi connectivity index (χ1) is 14.1. The van der Waals surface area contributed by atoms with Crippen molar-refractivity contribution in [3.8, 4) is 11.3 Å². The number of aromatic nitrogens is 1. The molecule has 0 spiro atoms. The highest BCUT2D eigenvalue weighted by Crippen LogP contribution is 2.34. The van der Waals surface area contributed by atoms with Crippen LogP contribution in [0.3, 0.4) is 0 Å². The first kappa shape index (κ1) is 21.3. The fraction of sp³-hybridized carbons (Fsp3) is 0.545. The summed E-state index contributed by atoms with van der Waals surface area (Å²) >= 11 is 0. The van der Waals surface area contributed by atoms with Gasteiger partial charge in [0.2, 0.25) is 11.8 Å². The van der Waals surface area contributed by atoms with Gasteiger partial charge in [0.15, 0.2) is 0 Å². The van der Waals surface area contributed by atoms with Gasteiger partial charge in [-0.2, -0.15) is 0 Å². The van der Waals surface area contributed by atoms with Crippen molar-refractivity contribution in [2.45, 2.75) is 32.7 Å². The van der Waals surface area contributed by atoms with E-state index in [-0.39, 0.29) is 12.5 Å². The number of rotatable bonds is 10. The second-order valence-corrected chi connectivity index (χ2v) is 7.47. The summed E-state index contributed by atoms with van der Waals surface area (Å²) in [6, 6.07) is 8.21. The Hall–Kier alpha value is -2.38. The summed E-state index contributed by atoms with van der Waals surface area (Å²) in [6.07, 6.45) is 3.04. The number of amides is 1. The number of carbonyl (C=O) groups excluding carboxylic acids is 1. The molecular weight excluding hydrogens is 370 g/mol. The summed E-state index contributed by atoms with van der Waals surface area (Å²) in [5.74, 6) is 0.730. The molecule has 1 fully saturated rings. The lowest BCUT2D eigenvalue weighted by atomic mass is 10.0. The molecule has 1 aliphatic rings. The van der Waals surface area contributed by atoms with Crippen LogP contribution in [0.2, 0.25) is 0 Å². The third-order valence-corrected chi connectivity index (χ3v) is 5.20. The van der Waals surface area contributed by atoms with Crippen molar-refractivity contribution in [2.24, 2.45) is 0 Å². The molecule has 158 valence electrons. The van der Waals surface area contributed by atoms with E-state index in [1.165, 1.54) is 0 Å². The minimum absolute atomic E-state index is 0.0487. The highest BCUT2D eigenvalue weighted by atomic mass is 16.5. The average molecular weight is 402 g/mol. The number of hydrogen-bond acceptors (Lipinski definition) is 6. The van der Waals surface area contributed by atoms with E-state index in [0.717, 1.165) is 60.6 Å². The normalized spacial score (nSPS) is 13.8. The average Bonchev–Trinajstić information content (AvgIpc) is 3.37. The van der Waals surface area contributed by atoms with Crippen molar-refractivity contribution >= 4 is 11.8 Å². The molecule has 0 N–H and O–H groups in total. The maximum absolute atomic E-state index is 12.7. The van der Waals surface area contributed by atoms with E-state index in [1.807, 2.05) is 17.0 Å². The molecule has 1 aromatic heterocycles. The van der Waals surface area contributed by atoms with Gasteiger partial charge in [0.1, 0.15) is 12.3 Å². The zero-order valence-corrected chi connectivity index (χ0v) is 17.6. The maximum Gasteiger partial charge on any atom is 0.248 e. The van der Waals surface area contributed by atoms with Crippen LogP contribution < -0.4 is 4.90 Å². The minimum atomic E-state index is -0.0487. The lowest BCUT2D eigenvalue weighted by Crippen LogP contribution is -2.35. The van der Waals surface area contributed by atoms with Crippen molar-refractivity contribution in [2.75, 3.05) is 52.0 Å². The molecule has 1 saturated heterocycles. The second-order valence-electron chi connectivity index (χ2n) is 7.47. The first-order valence-corrected chi connectivity index (χ1v) is 10.2. The first-order valence-electron chi connectivity index (χ1n) is 10.2. The summed E-state index contributed by atoms with van der Waals surface area (Å²) < 4.78 is 16.1. The monoisotopic (exact) mass is 401 g/mol. The van der Waals surface area contributed by atoms with Gasteiger partial charge in [-0.05, 0) is 32.3 Å². The zero-order chi connectivity index (χ0) is 20.6. The predicted octanol–water partition coefficient (Wildman–Crippen LogP) is 3.26. The Bertz CT molecular complexity index is 799. The van der Waals surface area contributed by atoms with Gasteiger partial charge >= 0.3 is 0 Å². The fourth-order valence-corrected chi connectivity index (χ4v) is 3.73. The van der Waals surface area contributed by atoms with Gasteiger partial charge < -0.3 is 23.8 Å². The number of methoxy groups -OCH3 is 2. The van der Waals surface area contributed by atoms with Crippen molar-refractivity contribution in [3.63, 3.8) is 0 Å². The number of benzene rings is 1. The van der Waals surface area contributed by atoms with Gasteiger partial charge in [-0.3, -0.25) is 4.79 Å². The Balaban J connectivity index is 1.94. The molecule has 0 radical (unpaired) electrons. The summed E-state index contributed by atoms with van der Waals surface area (Å²) in [5.41, 5.74) is 3.92. The van der Waals surface area contributed by atoms with Crippen molar-refractivity contribution in [1.82, 2.24) is 10.1 Å². The standard InChI is InChI=1S/C22H31N3O4/c1-17-8-6-9-18(14-17)21-19(22(29-23-21)24-10-4-5-11-24)15-25(12-7-13-27-2)20(26)16-28-3/h6,8-9,14H,4-5,7,10-13,15-16H2,1-3H3. The molecule has 7 nitrogen and oxygen atoms in total. The summed E-state index contributed by atoms with van der Waals surface area (Å²) in [4.78, 5) is 16.7. The largest absolute Gasteiger partial charge is 0.385 e. The minimum Gasteiger partial charge on any atom is -0.385 e. The van der Waals surface area contributed by atoms with Crippen molar-refractivity contribution in [3.05, 3.63) is 35.4 Å². The van der Waals surface area contributed by atoms with Gasteiger partial charge in [-0.1, -0.05) is 28.9 Å². The van der Waals surface area contributed by atoms with E-state index in [1.54, 1.807) is 14.2 Å². The Labute approximate surface area is 172 Å². The Morgan fingerprint density at radius 1 is 1.24 bits per heavy atom. The Morgan fingerprint density at radius 3 is 2.72 bits per heavy atom. The van der Waals surface area contributed by atoms with Crippen LogP contribution in [0.1, 0.15) is 30.4 Å². The van der Waals surface area contributed by atoms with Crippen molar-refractivity contribution in [1.29, 1.82) is 0 Å². The van der Waals surface area contributed by atoms with Crippen LogP contribution in [0.5, 0.6) is 0 Å². The van der Waals surface area contributed by atoms with E-state index in [4.69, 9.17) is 14.0 Å². The van der Waals surface area contributed by atoms with E-state index < -0.39 is 0 Å². The highest BCUT2D eigenvalue weighted by Gasteiger charge is 2.27. The molecular formula is C22H31N3O4. The van der Waals surface area contributed by atoms with Gasteiger partial charge in [-0.15, -0.1) is 0 Å². The number of hydrogen-bond donors (Lipinski definition) is 0. The van der Waals surface area contributed by atoms with Crippen molar-refractivity contribution < 1.29 is 18.8 Å². The molecule has 7 heteroatoms. The number of nitrogens with zero attached hydrogens (tertiary/aromatic N) is 3. The van der Waals surface area contributed by atoms with E-state index >= 15 is 0 Å². The van der Waals surface area contributed by atoms with Crippen LogP contribution in [-0.4, -0.2) is 63.0 Å². The van der Waals surface area contributed by atoms with E-state index in [2.05, 4.69) is 29.1 Å². The molecule has 0 aliphatic carbocycles. The predicted molar refractivity (Wildman–Crippen MR) is 112 cm³/mol. The van der Waals surface area contributed by atoms with E-state index in [9.17, 15) is 4.79 Å². The zero-order valence-electron chi connectivity index (χ0n) is 17.6. The quantitative estimate of drug-likeness (QED) is 0.569. The molecule has 0 unspecified atom stereocenters. The topological polar surface area (TPSA) is 68.0 Å². The highest BCUT2D eigenvalue weighted by molar-refractivity contribution is 5.78. The van der Waals surface area contributed by atoms with Crippen LogP contribution in [-0.2, 0) is 20.8 Å². The molecule has 1 amide bonds. The van der Waals surface area contributed by atoms with Crippen LogP contribution in [0, 0.1) is 6.92 Å². The molecule has 1 aromatic carbocycles. The summed E-state index contributed by atoms with van der Waals surface area (Å²) in [5, 5.41) is 4.42. The number of anilines is 1. The Morgan fingerprint density at radius 2 is 2.03 bits per heavy atom. The van der Waals surface area contributed by atoms with Crippen LogP contribution in [0.4, 0.5) is 5.88 Å². The second kappa shape index (κ2) is 10.4. The molecule has 0 bridgehead atoms. The van der Waals surface area contributed by atoms with Crippen LogP contribution >= 0.6 is 0 Å². The lowest BCUT2D eigenvalue weighted by Gasteiger charge is -2.24. The molecule has 0 atom stereocenters. The molecule has 2 aromatic rings. The molecule has 29 heavy (non-hydrogen) atoms. The summed E-state index contributed by atoms with van der Waals surface area (Å²) in [7, 11) is 3.21. The fourth-order valence-electron chi connectivity index (χ4n) is 3.73. The van der Waals surface area contributed by atoms with E-state index in [0.29, 0.717) is 19.7 Å². The smallest absolute Gasteiger partial charge is 0.248 e. The Kier molecular flexibility index (Phi) is 7.66. The SMILES string of the molecule is COCCCN(Cc1c(-c2cccc(C)c2)noc1N1CCCC1)C(=O)COC. The summed E-state index contributed by atoms with van der Waals surface area (Å²) in [6.45, 7) is 5.64. The third-order valence-electron chi connectivity index (χ3n) is 5.20. The van der Waals surface area contributed by atoms with Crippen LogP contribution in [0.15, 0.2) is 28.8 Å². The molecule has 3 rings (SSSR count). The van der Waals surface area contributed by atoms with Gasteiger partial charge in [0.25, 0.3) is 0 Å². The molecule has 1 aliphatic heterocycles. The van der Waals surface area contributed by atoms with Gasteiger partial charge in [0.05, 0.1) is 12.1 Å².